The first-order valence-corrected chi connectivity index (χ1v) is 28.1. The third kappa shape index (κ3) is 48.5. The van der Waals surface area contributed by atoms with E-state index in [4.69, 9.17) is 9.47 Å². The molecule has 1 heterocycles. The number of rotatable bonds is 40. The van der Waals surface area contributed by atoms with Gasteiger partial charge in [0.15, 0.2) is 0 Å². The van der Waals surface area contributed by atoms with E-state index in [0.29, 0.717) is 26.1 Å². The molecule has 16 heteroatoms. The Kier molecular flexibility index (Phi) is 43.4. The van der Waals surface area contributed by atoms with Crippen LogP contribution in [0.15, 0.2) is 0 Å². The quantitative estimate of drug-likeness (QED) is 0.0186. The lowest BCUT2D eigenvalue weighted by molar-refractivity contribution is -1.02. The molecule has 0 saturated carbocycles. The Bertz CT molecular complexity index is 1200. The maximum absolute atomic E-state index is 12.3. The molecule has 384 valence electrons. The van der Waals surface area contributed by atoms with Gasteiger partial charge < -0.3 is 27.5 Å². The summed E-state index contributed by atoms with van der Waals surface area (Å²) in [4.78, 5) is 24.7. The number of esters is 2. The first kappa shape index (κ1) is 64.7. The van der Waals surface area contributed by atoms with Crippen molar-refractivity contribution in [3.05, 3.63) is 0 Å². The molecule has 0 unspecified atom stereocenters. The normalized spacial score (nSPS) is 17.5. The van der Waals surface area contributed by atoms with Crippen LogP contribution < -0.4 is 0 Å². The second-order valence-corrected chi connectivity index (χ2v) is 20.9. The highest BCUT2D eigenvalue weighted by molar-refractivity contribution is 7.81. The standard InChI is InChI=1S/C46H92N2O4.2CH4O4S/c1-5-7-9-11-13-15-17-19-21-23-25-27-29-31-33-35-45(49)51-43-41-47(3)37-39-48(4,40-38-47)42-44-52-46(50)36-34-32-30-28-26-24-22-20-18-16-14-12-10-8-6-2;2*1-5-6(2,3)4/h5-44H2,1-4H3;2*1H3,(H,2,3,4)/q+2;;/p-2. The lowest BCUT2D eigenvalue weighted by Crippen LogP contribution is -2.65. The van der Waals surface area contributed by atoms with Crippen LogP contribution in [-0.2, 0) is 48.2 Å². The Morgan fingerprint density at radius 1 is 0.406 bits per heavy atom. The van der Waals surface area contributed by atoms with Gasteiger partial charge in [0.05, 0.1) is 28.3 Å². The minimum Gasteiger partial charge on any atom is -0.726 e. The molecule has 0 aromatic heterocycles. The van der Waals surface area contributed by atoms with E-state index in [2.05, 4.69) is 36.3 Å². The van der Waals surface area contributed by atoms with Crippen molar-refractivity contribution in [2.45, 2.75) is 219 Å². The average Bonchev–Trinajstić information content (AvgIpc) is 3.25. The molecule has 1 fully saturated rings. The number of likely N-dealkylation sites (N-methyl/N-ethyl adjacent to an activating group) is 2. The number of carbonyl (C=O) groups is 2. The van der Waals surface area contributed by atoms with Crippen LogP contribution in [0.5, 0.6) is 0 Å². The van der Waals surface area contributed by atoms with Crippen molar-refractivity contribution in [2.75, 3.05) is 80.8 Å². The number of hydrogen-bond acceptors (Lipinski definition) is 12. The van der Waals surface area contributed by atoms with Crippen LogP contribution in [0.1, 0.15) is 219 Å². The fourth-order valence-electron chi connectivity index (χ4n) is 7.82. The average molecular weight is 959 g/mol. The van der Waals surface area contributed by atoms with Gasteiger partial charge in [-0.1, -0.05) is 194 Å². The van der Waals surface area contributed by atoms with E-state index in [1.165, 1.54) is 167 Å². The first-order chi connectivity index (χ1) is 30.4. The molecule has 1 aliphatic rings. The highest BCUT2D eigenvalue weighted by Crippen LogP contribution is 2.18. The SMILES string of the molecule is CCCCCCCCCCCCCCCCCC(=O)OCC[N+]1(C)CC[N+](C)(CCOC(=O)CCCCCCCCCCCCCCCCC)CC1.COS(=O)(=O)[O-].COS(=O)(=O)[O-]. The van der Waals surface area contributed by atoms with Crippen LogP contribution in [0, 0.1) is 0 Å². The number of ether oxygens (including phenoxy) is 2. The first-order valence-electron chi connectivity index (χ1n) is 25.5. The van der Waals surface area contributed by atoms with Crippen LogP contribution in [0.3, 0.4) is 0 Å². The van der Waals surface area contributed by atoms with Crippen molar-refractivity contribution in [3.8, 4) is 0 Å². The Balaban J connectivity index is 0. The molecule has 0 aromatic carbocycles. The van der Waals surface area contributed by atoms with E-state index in [1.54, 1.807) is 0 Å². The second-order valence-electron chi connectivity index (χ2n) is 18.6. The molecule has 0 aromatic rings. The van der Waals surface area contributed by atoms with E-state index in [-0.39, 0.29) is 11.9 Å². The molecular weight excluding hydrogens is 861 g/mol. The van der Waals surface area contributed by atoms with Gasteiger partial charge in [-0.25, -0.2) is 16.8 Å². The van der Waals surface area contributed by atoms with E-state index in [1.807, 2.05) is 0 Å². The predicted molar refractivity (Wildman–Crippen MR) is 256 cm³/mol. The molecule has 1 aliphatic heterocycles. The summed E-state index contributed by atoms with van der Waals surface area (Å²) in [5, 5.41) is 0. The van der Waals surface area contributed by atoms with Gasteiger partial charge in [-0.05, 0) is 12.8 Å². The largest absolute Gasteiger partial charge is 0.726 e. The molecule has 14 nitrogen and oxygen atoms in total. The second kappa shape index (κ2) is 42.9. The molecule has 0 bridgehead atoms. The minimum absolute atomic E-state index is 0.0231. The Morgan fingerprint density at radius 2 is 0.594 bits per heavy atom. The van der Waals surface area contributed by atoms with Gasteiger partial charge in [-0.3, -0.25) is 18.0 Å². The number of nitrogens with zero attached hydrogens (tertiary/aromatic N) is 2. The highest BCUT2D eigenvalue weighted by Gasteiger charge is 2.37. The summed E-state index contributed by atoms with van der Waals surface area (Å²) >= 11 is 0. The highest BCUT2D eigenvalue weighted by atomic mass is 32.3. The van der Waals surface area contributed by atoms with Crippen LogP contribution in [0.4, 0.5) is 0 Å². The summed E-state index contributed by atoms with van der Waals surface area (Å²) in [5.41, 5.74) is 0. The van der Waals surface area contributed by atoms with Gasteiger partial charge in [-0.15, -0.1) is 0 Å². The van der Waals surface area contributed by atoms with Crippen molar-refractivity contribution in [1.29, 1.82) is 0 Å². The third-order valence-electron chi connectivity index (χ3n) is 12.5. The zero-order chi connectivity index (χ0) is 48.3. The molecule has 64 heavy (non-hydrogen) atoms. The molecule has 0 radical (unpaired) electrons. The molecule has 0 amide bonds. The molecule has 0 atom stereocenters. The monoisotopic (exact) mass is 959 g/mol. The molecule has 1 saturated heterocycles. The third-order valence-corrected chi connectivity index (χ3v) is 13.3. The lowest BCUT2D eigenvalue weighted by atomic mass is 10.0. The van der Waals surface area contributed by atoms with Crippen LogP contribution in [0.2, 0.25) is 0 Å². The van der Waals surface area contributed by atoms with Gasteiger partial charge in [0.25, 0.3) is 0 Å². The van der Waals surface area contributed by atoms with Gasteiger partial charge in [-0.2, -0.15) is 0 Å². The van der Waals surface area contributed by atoms with Crippen LogP contribution in [0.25, 0.3) is 0 Å². The summed E-state index contributed by atoms with van der Waals surface area (Å²) in [6.07, 6.45) is 41.3. The molecule has 0 aliphatic carbocycles. The summed E-state index contributed by atoms with van der Waals surface area (Å²) < 4.78 is 75.3. The summed E-state index contributed by atoms with van der Waals surface area (Å²) in [5.74, 6) is -0.0461. The maximum atomic E-state index is 12.3. The van der Waals surface area contributed by atoms with E-state index in [0.717, 1.165) is 88.1 Å². The molecule has 0 N–H and O–H groups in total. The molecule has 1 rings (SSSR count). The number of quaternary nitrogens is 2. The topological polar surface area (TPSA) is 185 Å². The zero-order valence-corrected chi connectivity index (χ0v) is 43.5. The summed E-state index contributed by atoms with van der Waals surface area (Å²) in [6.45, 7) is 11.7. The van der Waals surface area contributed by atoms with E-state index >= 15 is 0 Å². The number of hydrogen-bond donors (Lipinski definition) is 0. The van der Waals surface area contributed by atoms with E-state index < -0.39 is 20.8 Å². The van der Waals surface area contributed by atoms with Crippen molar-refractivity contribution in [2.24, 2.45) is 0 Å². The minimum atomic E-state index is -4.41. The van der Waals surface area contributed by atoms with Crippen molar-refractivity contribution in [3.63, 3.8) is 0 Å². The smallest absolute Gasteiger partial charge is 0.305 e. The predicted octanol–water partition coefficient (Wildman–Crippen LogP) is 10.7. The lowest BCUT2D eigenvalue weighted by Gasteiger charge is -2.46. The maximum Gasteiger partial charge on any atom is 0.305 e. The van der Waals surface area contributed by atoms with Gasteiger partial charge in [0.2, 0.25) is 20.8 Å². The number of unbranched alkanes of at least 4 members (excludes halogenated alkanes) is 28. The summed E-state index contributed by atoms with van der Waals surface area (Å²) in [6, 6.07) is 0. The Labute approximate surface area is 393 Å². The van der Waals surface area contributed by atoms with Crippen molar-refractivity contribution < 1.29 is 62.3 Å². The summed E-state index contributed by atoms with van der Waals surface area (Å²) in [7, 11) is -2.62. The fraction of sp³-hybridized carbons (Fsp3) is 0.958. The van der Waals surface area contributed by atoms with Crippen molar-refractivity contribution >= 4 is 32.7 Å². The molecule has 0 spiro atoms. The number of carbonyl (C=O) groups excluding carboxylic acids is 2. The van der Waals surface area contributed by atoms with Crippen LogP contribution >= 0.6 is 0 Å². The fourth-order valence-corrected chi connectivity index (χ4v) is 7.82. The van der Waals surface area contributed by atoms with Crippen molar-refractivity contribution in [1.82, 2.24) is 0 Å². The Morgan fingerprint density at radius 3 is 0.781 bits per heavy atom. The van der Waals surface area contributed by atoms with E-state index in [9.17, 15) is 35.5 Å². The molecular formula is C48H98N2O12S2. The van der Waals surface area contributed by atoms with Gasteiger partial charge in [0, 0.05) is 12.8 Å². The van der Waals surface area contributed by atoms with Crippen LogP contribution in [-0.4, -0.2) is 128 Å². The number of piperazine rings is 1. The zero-order valence-electron chi connectivity index (χ0n) is 41.9. The van der Waals surface area contributed by atoms with Gasteiger partial charge >= 0.3 is 11.9 Å². The van der Waals surface area contributed by atoms with Gasteiger partial charge in [0.1, 0.15) is 52.5 Å². The Hall–Kier alpha value is -1.40.